The van der Waals surface area contributed by atoms with Crippen LogP contribution in [0.25, 0.3) is 0 Å². The Hall–Kier alpha value is -1.44. The minimum atomic E-state index is -3.53. The first kappa shape index (κ1) is 16.9. The zero-order chi connectivity index (χ0) is 16.3. The number of nitrogens with one attached hydrogen (secondary N) is 1. The summed E-state index contributed by atoms with van der Waals surface area (Å²) in [4.78, 5) is 12.4. The van der Waals surface area contributed by atoms with Crippen LogP contribution in [-0.2, 0) is 19.6 Å². The van der Waals surface area contributed by atoms with E-state index in [1.54, 1.807) is 19.1 Å². The van der Waals surface area contributed by atoms with Crippen LogP contribution in [0.1, 0.15) is 18.4 Å². The van der Waals surface area contributed by atoms with Gasteiger partial charge in [0.25, 0.3) is 0 Å². The normalized spacial score (nSPS) is 16.7. The summed E-state index contributed by atoms with van der Waals surface area (Å²) in [5, 5.41) is 2.81. The first-order valence-electron chi connectivity index (χ1n) is 7.24. The Labute approximate surface area is 131 Å². The van der Waals surface area contributed by atoms with Gasteiger partial charge in [-0.15, -0.1) is 0 Å². The Kier molecular flexibility index (Phi) is 5.20. The predicted molar refractivity (Wildman–Crippen MR) is 84.2 cm³/mol. The minimum Gasteiger partial charge on any atom is -0.381 e. The van der Waals surface area contributed by atoms with Gasteiger partial charge in [0.15, 0.2) is 0 Å². The molecular weight excluding hydrogens is 304 g/mol. The quantitative estimate of drug-likeness (QED) is 0.912. The zero-order valence-corrected chi connectivity index (χ0v) is 13.9. The Bertz CT molecular complexity index is 650. The summed E-state index contributed by atoms with van der Waals surface area (Å²) in [6, 6.07) is 4.94. The molecule has 6 nitrogen and oxygen atoms in total. The average Bonchev–Trinajstić information content (AvgIpc) is 2.49. The lowest BCUT2D eigenvalue weighted by Crippen LogP contribution is -2.28. The fraction of sp³-hybridized carbons (Fsp3) is 0.533. The van der Waals surface area contributed by atoms with Crippen molar-refractivity contribution in [1.29, 1.82) is 0 Å². The van der Waals surface area contributed by atoms with Gasteiger partial charge < -0.3 is 10.1 Å². The van der Waals surface area contributed by atoms with E-state index in [1.807, 2.05) is 0 Å². The van der Waals surface area contributed by atoms with Gasteiger partial charge in [0.05, 0.1) is 4.90 Å². The molecule has 1 aromatic carbocycles. The van der Waals surface area contributed by atoms with Crippen LogP contribution in [0, 0.1) is 12.8 Å². The maximum atomic E-state index is 12.3. The third kappa shape index (κ3) is 3.66. The van der Waals surface area contributed by atoms with Crippen molar-refractivity contribution in [2.45, 2.75) is 24.7 Å². The van der Waals surface area contributed by atoms with Gasteiger partial charge >= 0.3 is 0 Å². The summed E-state index contributed by atoms with van der Waals surface area (Å²) >= 11 is 0. The first-order chi connectivity index (χ1) is 10.3. The molecule has 0 spiro atoms. The van der Waals surface area contributed by atoms with E-state index in [0.717, 1.165) is 0 Å². The standard InChI is InChI=1S/C15H22N2O4S/c1-11-4-5-13(10-14(11)22(19,20)17(2)3)16-15(18)12-6-8-21-9-7-12/h4-5,10,12H,6-9H2,1-3H3,(H,16,18). The summed E-state index contributed by atoms with van der Waals surface area (Å²) in [7, 11) is -0.552. The minimum absolute atomic E-state index is 0.0797. The van der Waals surface area contributed by atoms with Crippen molar-refractivity contribution in [2.24, 2.45) is 5.92 Å². The molecule has 1 aromatic rings. The van der Waals surface area contributed by atoms with Gasteiger partial charge in [-0.3, -0.25) is 4.79 Å². The molecule has 0 aromatic heterocycles. The monoisotopic (exact) mass is 326 g/mol. The van der Waals surface area contributed by atoms with Crippen molar-refractivity contribution in [3.8, 4) is 0 Å². The van der Waals surface area contributed by atoms with Gasteiger partial charge in [0.2, 0.25) is 15.9 Å². The molecule has 1 aliphatic heterocycles. The molecule has 0 aliphatic carbocycles. The van der Waals surface area contributed by atoms with Gasteiger partial charge in [-0.1, -0.05) is 6.07 Å². The Morgan fingerprint density at radius 3 is 2.50 bits per heavy atom. The van der Waals surface area contributed by atoms with Crippen molar-refractivity contribution in [1.82, 2.24) is 4.31 Å². The molecule has 1 heterocycles. The maximum Gasteiger partial charge on any atom is 0.242 e. The summed E-state index contributed by atoms with van der Waals surface area (Å²) in [6.07, 6.45) is 1.39. The highest BCUT2D eigenvalue weighted by molar-refractivity contribution is 7.89. The van der Waals surface area contributed by atoms with Gasteiger partial charge in [0, 0.05) is 38.9 Å². The van der Waals surface area contributed by atoms with Crippen LogP contribution in [0.4, 0.5) is 5.69 Å². The van der Waals surface area contributed by atoms with E-state index in [-0.39, 0.29) is 16.7 Å². The SMILES string of the molecule is Cc1ccc(NC(=O)C2CCOCC2)cc1S(=O)(=O)N(C)C. The van der Waals surface area contributed by atoms with Crippen molar-refractivity contribution in [3.63, 3.8) is 0 Å². The highest BCUT2D eigenvalue weighted by Crippen LogP contribution is 2.24. The van der Waals surface area contributed by atoms with E-state index >= 15 is 0 Å². The second kappa shape index (κ2) is 6.76. The molecule has 22 heavy (non-hydrogen) atoms. The molecule has 2 rings (SSSR count). The number of hydrogen-bond acceptors (Lipinski definition) is 4. The van der Waals surface area contributed by atoms with Gasteiger partial charge in [-0.2, -0.15) is 0 Å². The number of carbonyl (C=O) groups is 1. The van der Waals surface area contributed by atoms with Crippen molar-refractivity contribution < 1.29 is 17.9 Å². The zero-order valence-electron chi connectivity index (χ0n) is 13.1. The molecule has 0 bridgehead atoms. The van der Waals surface area contributed by atoms with E-state index in [0.29, 0.717) is 37.3 Å². The lowest BCUT2D eigenvalue weighted by atomic mass is 9.99. The summed E-state index contributed by atoms with van der Waals surface area (Å²) < 4.78 is 31.0. The molecule has 1 saturated heterocycles. The average molecular weight is 326 g/mol. The number of hydrogen-bond donors (Lipinski definition) is 1. The fourth-order valence-electron chi connectivity index (χ4n) is 2.36. The summed E-state index contributed by atoms with van der Waals surface area (Å²) in [5.41, 5.74) is 1.15. The molecule has 0 saturated carbocycles. The van der Waals surface area contributed by atoms with Crippen LogP contribution in [0.15, 0.2) is 23.1 Å². The third-order valence-electron chi connectivity index (χ3n) is 3.81. The van der Waals surface area contributed by atoms with E-state index in [1.165, 1.54) is 24.5 Å². The number of ether oxygens (including phenoxy) is 1. The molecule has 1 fully saturated rings. The van der Waals surface area contributed by atoms with Gasteiger partial charge in [-0.05, 0) is 37.5 Å². The second-order valence-electron chi connectivity index (χ2n) is 5.64. The smallest absolute Gasteiger partial charge is 0.242 e. The number of rotatable bonds is 4. The lowest BCUT2D eigenvalue weighted by molar-refractivity contribution is -0.122. The van der Waals surface area contributed by atoms with Crippen LogP contribution in [0.3, 0.4) is 0 Å². The van der Waals surface area contributed by atoms with Crippen molar-refractivity contribution >= 4 is 21.6 Å². The molecule has 122 valence electrons. The number of sulfonamides is 1. The molecule has 0 radical (unpaired) electrons. The van der Waals surface area contributed by atoms with Crippen LogP contribution >= 0.6 is 0 Å². The number of aryl methyl sites for hydroxylation is 1. The third-order valence-corrected chi connectivity index (χ3v) is 5.76. The Morgan fingerprint density at radius 2 is 1.91 bits per heavy atom. The highest BCUT2D eigenvalue weighted by atomic mass is 32.2. The molecule has 0 unspecified atom stereocenters. The van der Waals surface area contributed by atoms with Gasteiger partial charge in [-0.25, -0.2) is 12.7 Å². The van der Waals surface area contributed by atoms with E-state index in [4.69, 9.17) is 4.74 Å². The molecule has 1 aliphatic rings. The molecular formula is C15H22N2O4S. The topological polar surface area (TPSA) is 75.7 Å². The summed E-state index contributed by atoms with van der Waals surface area (Å²) in [6.45, 7) is 2.92. The molecule has 7 heteroatoms. The number of carbonyl (C=O) groups excluding carboxylic acids is 1. The van der Waals surface area contributed by atoms with Crippen LogP contribution in [0.2, 0.25) is 0 Å². The van der Waals surface area contributed by atoms with Crippen LogP contribution < -0.4 is 5.32 Å². The number of amides is 1. The van der Waals surface area contributed by atoms with Crippen LogP contribution in [0.5, 0.6) is 0 Å². The maximum absolute atomic E-state index is 12.3. The number of benzene rings is 1. The van der Waals surface area contributed by atoms with E-state index in [9.17, 15) is 13.2 Å². The Balaban J connectivity index is 2.21. The van der Waals surface area contributed by atoms with E-state index < -0.39 is 10.0 Å². The van der Waals surface area contributed by atoms with Gasteiger partial charge in [0.1, 0.15) is 0 Å². The van der Waals surface area contributed by atoms with Crippen molar-refractivity contribution in [2.75, 3.05) is 32.6 Å². The molecule has 1 amide bonds. The summed E-state index contributed by atoms with van der Waals surface area (Å²) in [5.74, 6) is -0.163. The lowest BCUT2D eigenvalue weighted by Gasteiger charge is -2.21. The molecule has 1 N–H and O–H groups in total. The predicted octanol–water partition coefficient (Wildman–Crippen LogP) is 1.61. The van der Waals surface area contributed by atoms with Crippen molar-refractivity contribution in [3.05, 3.63) is 23.8 Å². The fourth-order valence-corrected chi connectivity index (χ4v) is 3.50. The van der Waals surface area contributed by atoms with Crippen LogP contribution in [-0.4, -0.2) is 45.9 Å². The second-order valence-corrected chi connectivity index (χ2v) is 7.76. The largest absolute Gasteiger partial charge is 0.381 e. The first-order valence-corrected chi connectivity index (χ1v) is 8.68. The Morgan fingerprint density at radius 1 is 1.27 bits per heavy atom. The highest BCUT2D eigenvalue weighted by Gasteiger charge is 2.23. The van der Waals surface area contributed by atoms with E-state index in [2.05, 4.69) is 5.32 Å². The number of anilines is 1. The number of nitrogens with zero attached hydrogens (tertiary/aromatic N) is 1. The molecule has 0 atom stereocenters.